The molecule has 0 radical (unpaired) electrons. The Morgan fingerprint density at radius 2 is 1.93 bits per heavy atom. The van der Waals surface area contributed by atoms with E-state index in [1.807, 2.05) is 67.1 Å². The van der Waals surface area contributed by atoms with E-state index < -0.39 is 0 Å². The highest BCUT2D eigenvalue weighted by atomic mass is 32.2. The van der Waals surface area contributed by atoms with Crippen molar-refractivity contribution in [1.82, 2.24) is 14.8 Å². The molecule has 136 valence electrons. The maximum Gasteiger partial charge on any atom is 0.237 e. The number of benzene rings is 2. The van der Waals surface area contributed by atoms with Crippen LogP contribution < -0.4 is 5.32 Å². The third-order valence-corrected chi connectivity index (χ3v) is 5.38. The van der Waals surface area contributed by atoms with Crippen LogP contribution in [-0.2, 0) is 11.8 Å². The zero-order valence-corrected chi connectivity index (χ0v) is 15.7. The Hall–Kier alpha value is -3.06. The summed E-state index contributed by atoms with van der Waals surface area (Å²) >= 11 is 1.35. The molecule has 2 aromatic heterocycles. The standard InChI is InChI=1S/C20H18N4O2S/c1-13(27-20-23-22-18(24(20)2)17-8-5-11-26-17)19(25)21-16-10-9-14-6-3-4-7-15(14)12-16/h3-13H,1-2H3,(H,21,25)/t13-/m1/s1. The molecule has 0 saturated carbocycles. The predicted molar refractivity (Wildman–Crippen MR) is 107 cm³/mol. The Labute approximate surface area is 160 Å². The van der Waals surface area contributed by atoms with Crippen molar-refractivity contribution in [1.29, 1.82) is 0 Å². The summed E-state index contributed by atoms with van der Waals surface area (Å²) in [6.45, 7) is 1.85. The maximum absolute atomic E-state index is 12.6. The van der Waals surface area contributed by atoms with Crippen molar-refractivity contribution in [3.05, 3.63) is 60.9 Å². The Kier molecular flexibility index (Phi) is 4.68. The molecule has 0 fully saturated rings. The second-order valence-corrected chi connectivity index (χ2v) is 7.46. The van der Waals surface area contributed by atoms with Crippen LogP contribution in [0, 0.1) is 0 Å². The fourth-order valence-electron chi connectivity index (χ4n) is 2.76. The zero-order valence-electron chi connectivity index (χ0n) is 14.9. The van der Waals surface area contributed by atoms with Crippen molar-refractivity contribution in [3.8, 4) is 11.6 Å². The first-order valence-electron chi connectivity index (χ1n) is 8.51. The lowest BCUT2D eigenvalue weighted by atomic mass is 10.1. The lowest BCUT2D eigenvalue weighted by Crippen LogP contribution is -2.22. The van der Waals surface area contributed by atoms with E-state index in [-0.39, 0.29) is 11.2 Å². The predicted octanol–water partition coefficient (Wildman–Crippen LogP) is 4.35. The molecule has 1 N–H and O–H groups in total. The van der Waals surface area contributed by atoms with Crippen LogP contribution >= 0.6 is 11.8 Å². The molecule has 4 rings (SSSR count). The lowest BCUT2D eigenvalue weighted by molar-refractivity contribution is -0.115. The van der Waals surface area contributed by atoms with E-state index in [1.165, 1.54) is 11.8 Å². The highest BCUT2D eigenvalue weighted by Gasteiger charge is 2.20. The van der Waals surface area contributed by atoms with Crippen molar-refractivity contribution >= 4 is 34.1 Å². The number of aromatic nitrogens is 3. The number of carbonyl (C=O) groups excluding carboxylic acids is 1. The van der Waals surface area contributed by atoms with E-state index in [0.717, 1.165) is 16.5 Å². The first-order valence-corrected chi connectivity index (χ1v) is 9.39. The summed E-state index contributed by atoms with van der Waals surface area (Å²) in [6.07, 6.45) is 1.59. The molecule has 2 heterocycles. The molecular formula is C20H18N4O2S. The minimum absolute atomic E-state index is 0.0853. The fourth-order valence-corrected chi connectivity index (χ4v) is 3.58. The molecule has 1 atom stereocenters. The van der Waals surface area contributed by atoms with Crippen LogP contribution in [0.25, 0.3) is 22.4 Å². The molecule has 2 aromatic carbocycles. The van der Waals surface area contributed by atoms with Crippen molar-refractivity contribution in [2.24, 2.45) is 7.05 Å². The van der Waals surface area contributed by atoms with E-state index in [2.05, 4.69) is 15.5 Å². The van der Waals surface area contributed by atoms with E-state index in [0.29, 0.717) is 16.7 Å². The van der Waals surface area contributed by atoms with Crippen molar-refractivity contribution in [2.75, 3.05) is 5.32 Å². The third-order valence-electron chi connectivity index (χ3n) is 4.24. The quantitative estimate of drug-likeness (QED) is 0.523. The Bertz CT molecular complexity index is 1090. The molecule has 0 bridgehead atoms. The summed E-state index contributed by atoms with van der Waals surface area (Å²) in [7, 11) is 1.86. The van der Waals surface area contributed by atoms with Gasteiger partial charge in [0.1, 0.15) is 0 Å². The Morgan fingerprint density at radius 1 is 1.11 bits per heavy atom. The summed E-state index contributed by atoms with van der Waals surface area (Å²) < 4.78 is 7.19. The molecule has 0 unspecified atom stereocenters. The monoisotopic (exact) mass is 378 g/mol. The van der Waals surface area contributed by atoms with Crippen LogP contribution in [0.1, 0.15) is 6.92 Å². The second-order valence-electron chi connectivity index (χ2n) is 6.15. The minimum atomic E-state index is -0.330. The van der Waals surface area contributed by atoms with Gasteiger partial charge in [-0.05, 0) is 42.0 Å². The number of thioether (sulfide) groups is 1. The fraction of sp³-hybridized carbons (Fsp3) is 0.150. The van der Waals surface area contributed by atoms with Crippen LogP contribution in [0.5, 0.6) is 0 Å². The Balaban J connectivity index is 1.46. The average molecular weight is 378 g/mol. The molecule has 0 saturated heterocycles. The molecule has 1 amide bonds. The largest absolute Gasteiger partial charge is 0.461 e. The van der Waals surface area contributed by atoms with Gasteiger partial charge in [0.2, 0.25) is 5.91 Å². The van der Waals surface area contributed by atoms with E-state index >= 15 is 0 Å². The van der Waals surface area contributed by atoms with Crippen LogP contribution in [0.4, 0.5) is 5.69 Å². The molecule has 0 aliphatic carbocycles. The van der Waals surface area contributed by atoms with Gasteiger partial charge < -0.3 is 14.3 Å². The number of anilines is 1. The van der Waals surface area contributed by atoms with Gasteiger partial charge in [0.15, 0.2) is 16.7 Å². The number of rotatable bonds is 5. The number of nitrogens with one attached hydrogen (secondary N) is 1. The smallest absolute Gasteiger partial charge is 0.237 e. The summed E-state index contributed by atoms with van der Waals surface area (Å²) in [6, 6.07) is 17.6. The van der Waals surface area contributed by atoms with Gasteiger partial charge in [-0.3, -0.25) is 4.79 Å². The summed E-state index contributed by atoms with van der Waals surface area (Å²) in [5.74, 6) is 1.19. The van der Waals surface area contributed by atoms with Crippen molar-refractivity contribution < 1.29 is 9.21 Å². The molecule has 0 aliphatic rings. The number of amides is 1. The van der Waals surface area contributed by atoms with Gasteiger partial charge in [0, 0.05) is 12.7 Å². The second kappa shape index (κ2) is 7.28. The number of furan rings is 1. The van der Waals surface area contributed by atoms with Crippen molar-refractivity contribution in [3.63, 3.8) is 0 Å². The number of hydrogen-bond acceptors (Lipinski definition) is 5. The lowest BCUT2D eigenvalue weighted by Gasteiger charge is -2.12. The molecule has 27 heavy (non-hydrogen) atoms. The summed E-state index contributed by atoms with van der Waals surface area (Å²) in [4.78, 5) is 12.6. The SMILES string of the molecule is C[C@@H](Sc1nnc(-c2ccco2)n1C)C(=O)Nc1ccc2ccccc2c1. The number of fused-ring (bicyclic) bond motifs is 1. The number of nitrogens with zero attached hydrogens (tertiary/aromatic N) is 3. The summed E-state index contributed by atoms with van der Waals surface area (Å²) in [5.41, 5.74) is 0.778. The zero-order chi connectivity index (χ0) is 18.8. The molecular weight excluding hydrogens is 360 g/mol. The Morgan fingerprint density at radius 3 is 2.70 bits per heavy atom. The molecule has 4 aromatic rings. The third kappa shape index (κ3) is 3.59. The average Bonchev–Trinajstić information content (AvgIpc) is 3.32. The van der Waals surface area contributed by atoms with Gasteiger partial charge in [-0.15, -0.1) is 10.2 Å². The van der Waals surface area contributed by atoms with Gasteiger partial charge in [0.25, 0.3) is 0 Å². The van der Waals surface area contributed by atoms with E-state index in [9.17, 15) is 4.79 Å². The highest BCUT2D eigenvalue weighted by Crippen LogP contribution is 2.27. The topological polar surface area (TPSA) is 73.0 Å². The number of hydrogen-bond donors (Lipinski definition) is 1. The summed E-state index contributed by atoms with van der Waals surface area (Å²) in [5, 5.41) is 13.9. The molecule has 7 heteroatoms. The highest BCUT2D eigenvalue weighted by molar-refractivity contribution is 8.00. The van der Waals surface area contributed by atoms with Gasteiger partial charge in [-0.1, -0.05) is 42.1 Å². The van der Waals surface area contributed by atoms with Gasteiger partial charge in [0.05, 0.1) is 11.5 Å². The van der Waals surface area contributed by atoms with Gasteiger partial charge in [-0.25, -0.2) is 0 Å². The maximum atomic E-state index is 12.6. The van der Waals surface area contributed by atoms with Crippen LogP contribution in [0.2, 0.25) is 0 Å². The van der Waals surface area contributed by atoms with E-state index in [1.54, 1.807) is 12.3 Å². The van der Waals surface area contributed by atoms with Gasteiger partial charge in [-0.2, -0.15) is 0 Å². The molecule has 6 nitrogen and oxygen atoms in total. The first-order chi connectivity index (χ1) is 13.1. The van der Waals surface area contributed by atoms with Crippen LogP contribution in [0.15, 0.2) is 70.4 Å². The molecule has 0 spiro atoms. The van der Waals surface area contributed by atoms with Crippen molar-refractivity contribution in [2.45, 2.75) is 17.3 Å². The number of carbonyl (C=O) groups is 1. The minimum Gasteiger partial charge on any atom is -0.461 e. The molecule has 0 aliphatic heterocycles. The van der Waals surface area contributed by atoms with Gasteiger partial charge >= 0.3 is 0 Å². The normalized spacial score (nSPS) is 12.2. The van der Waals surface area contributed by atoms with Crippen LogP contribution in [-0.4, -0.2) is 25.9 Å². The first kappa shape index (κ1) is 17.4. The van der Waals surface area contributed by atoms with E-state index in [4.69, 9.17) is 4.42 Å². The van der Waals surface area contributed by atoms with Crippen LogP contribution in [0.3, 0.4) is 0 Å².